The minimum absolute atomic E-state index is 0.937. The molecule has 4 aromatic rings. The van der Waals surface area contributed by atoms with Crippen LogP contribution in [0.1, 0.15) is 5.56 Å². The maximum absolute atomic E-state index is 3.55. The van der Waals surface area contributed by atoms with Gasteiger partial charge in [0.2, 0.25) is 0 Å². The molecule has 0 aliphatic heterocycles. The fourth-order valence-electron chi connectivity index (χ4n) is 3.27. The number of aryl methyl sites for hydroxylation is 1. The Hall–Kier alpha value is -2.74. The molecule has 2 heteroatoms. The number of aromatic nitrogens is 1. The molecule has 0 spiro atoms. The molecular formula is C21H20N2. The van der Waals surface area contributed by atoms with Gasteiger partial charge in [-0.15, -0.1) is 0 Å². The summed E-state index contributed by atoms with van der Waals surface area (Å²) in [5, 5.41) is 7.47. The fraction of sp³-hybridized carbons (Fsp3) is 0.143. The molecule has 1 heterocycles. The largest absolute Gasteiger partial charge is 0.385 e. The van der Waals surface area contributed by atoms with Crippen molar-refractivity contribution in [1.29, 1.82) is 0 Å². The van der Waals surface area contributed by atoms with Crippen molar-refractivity contribution >= 4 is 27.4 Å². The van der Waals surface area contributed by atoms with Gasteiger partial charge in [-0.25, -0.2) is 0 Å². The van der Waals surface area contributed by atoms with E-state index in [1.807, 2.05) is 0 Å². The van der Waals surface area contributed by atoms with Crippen LogP contribution in [0.15, 0.2) is 72.9 Å². The van der Waals surface area contributed by atoms with Crippen molar-refractivity contribution in [2.24, 2.45) is 7.05 Å². The second-order valence-electron chi connectivity index (χ2n) is 6.02. The summed E-state index contributed by atoms with van der Waals surface area (Å²) >= 11 is 0. The zero-order valence-electron chi connectivity index (χ0n) is 13.3. The van der Waals surface area contributed by atoms with E-state index in [-0.39, 0.29) is 0 Å². The molecule has 0 aliphatic rings. The first-order chi connectivity index (χ1) is 11.3. The minimum atomic E-state index is 0.937. The second kappa shape index (κ2) is 5.81. The number of hydrogen-bond acceptors (Lipinski definition) is 1. The molecule has 23 heavy (non-hydrogen) atoms. The van der Waals surface area contributed by atoms with Gasteiger partial charge < -0.3 is 9.88 Å². The first-order valence-corrected chi connectivity index (χ1v) is 8.07. The van der Waals surface area contributed by atoms with E-state index in [2.05, 4.69) is 89.9 Å². The van der Waals surface area contributed by atoms with Gasteiger partial charge >= 0.3 is 0 Å². The van der Waals surface area contributed by atoms with E-state index in [4.69, 9.17) is 0 Å². The van der Waals surface area contributed by atoms with Crippen molar-refractivity contribution in [3.63, 3.8) is 0 Å². The predicted molar refractivity (Wildman–Crippen MR) is 99.1 cm³/mol. The number of nitrogens with one attached hydrogen (secondary N) is 1. The Morgan fingerprint density at radius 3 is 2.57 bits per heavy atom. The molecule has 0 bridgehead atoms. The molecule has 0 fully saturated rings. The maximum Gasteiger partial charge on any atom is 0.0480 e. The van der Waals surface area contributed by atoms with Crippen LogP contribution in [0.4, 0.5) is 5.69 Å². The van der Waals surface area contributed by atoms with E-state index >= 15 is 0 Å². The third-order valence-electron chi connectivity index (χ3n) is 4.45. The maximum atomic E-state index is 3.55. The van der Waals surface area contributed by atoms with Crippen LogP contribution in [-0.2, 0) is 13.5 Å². The normalized spacial score (nSPS) is 11.2. The molecule has 0 amide bonds. The Morgan fingerprint density at radius 2 is 1.65 bits per heavy atom. The van der Waals surface area contributed by atoms with Gasteiger partial charge in [0.05, 0.1) is 0 Å². The van der Waals surface area contributed by atoms with E-state index < -0.39 is 0 Å². The third kappa shape index (κ3) is 2.68. The topological polar surface area (TPSA) is 17.0 Å². The molecule has 1 N–H and O–H groups in total. The van der Waals surface area contributed by atoms with Gasteiger partial charge in [0.15, 0.2) is 0 Å². The van der Waals surface area contributed by atoms with Gasteiger partial charge in [-0.05, 0) is 41.0 Å². The van der Waals surface area contributed by atoms with Crippen molar-refractivity contribution in [2.45, 2.75) is 6.42 Å². The Bertz CT molecular complexity index is 966. The van der Waals surface area contributed by atoms with Crippen LogP contribution in [0.2, 0.25) is 0 Å². The average Bonchev–Trinajstić information content (AvgIpc) is 2.91. The van der Waals surface area contributed by atoms with E-state index in [1.165, 1.54) is 32.9 Å². The molecule has 0 saturated carbocycles. The first kappa shape index (κ1) is 13.9. The summed E-state index contributed by atoms with van der Waals surface area (Å²) in [5.74, 6) is 0. The highest BCUT2D eigenvalue weighted by Gasteiger charge is 2.05. The molecular weight excluding hydrogens is 280 g/mol. The van der Waals surface area contributed by atoms with Gasteiger partial charge in [-0.3, -0.25) is 0 Å². The zero-order chi connectivity index (χ0) is 15.6. The molecule has 1 aromatic heterocycles. The molecule has 0 aliphatic carbocycles. The lowest BCUT2D eigenvalue weighted by molar-refractivity contribution is 0.943. The first-order valence-electron chi connectivity index (χ1n) is 8.07. The van der Waals surface area contributed by atoms with Crippen LogP contribution in [0.25, 0.3) is 21.7 Å². The predicted octanol–water partition coefficient (Wildman–Crippen LogP) is 4.99. The molecule has 0 saturated heterocycles. The number of para-hydroxylation sites is 1. The zero-order valence-corrected chi connectivity index (χ0v) is 13.3. The van der Waals surface area contributed by atoms with Crippen LogP contribution in [0.5, 0.6) is 0 Å². The SMILES string of the molecule is Cn1cc(CCNc2ccc3ccccc3c2)c2ccccc21. The smallest absolute Gasteiger partial charge is 0.0480 e. The number of fused-ring (bicyclic) bond motifs is 2. The molecule has 0 atom stereocenters. The number of rotatable bonds is 4. The van der Waals surface area contributed by atoms with Crippen LogP contribution < -0.4 is 5.32 Å². The van der Waals surface area contributed by atoms with Crippen molar-refractivity contribution < 1.29 is 0 Å². The van der Waals surface area contributed by atoms with Crippen molar-refractivity contribution in [1.82, 2.24) is 4.57 Å². The number of nitrogens with zero attached hydrogens (tertiary/aromatic N) is 1. The molecule has 0 unspecified atom stereocenters. The van der Waals surface area contributed by atoms with Crippen LogP contribution in [0.3, 0.4) is 0 Å². The second-order valence-corrected chi connectivity index (χ2v) is 6.02. The Morgan fingerprint density at radius 1 is 0.870 bits per heavy atom. The monoisotopic (exact) mass is 300 g/mol. The minimum Gasteiger partial charge on any atom is -0.385 e. The van der Waals surface area contributed by atoms with Crippen molar-refractivity contribution in [3.8, 4) is 0 Å². The van der Waals surface area contributed by atoms with Gasteiger partial charge in [0.25, 0.3) is 0 Å². The number of anilines is 1. The highest BCUT2D eigenvalue weighted by molar-refractivity contribution is 5.86. The molecule has 2 nitrogen and oxygen atoms in total. The van der Waals surface area contributed by atoms with Crippen LogP contribution in [-0.4, -0.2) is 11.1 Å². The molecule has 114 valence electrons. The third-order valence-corrected chi connectivity index (χ3v) is 4.45. The molecule has 3 aromatic carbocycles. The lowest BCUT2D eigenvalue weighted by Gasteiger charge is -2.07. The Balaban J connectivity index is 1.50. The summed E-state index contributed by atoms with van der Waals surface area (Å²) in [4.78, 5) is 0. The van der Waals surface area contributed by atoms with Crippen molar-refractivity contribution in [3.05, 3.63) is 78.5 Å². The van der Waals surface area contributed by atoms with Crippen LogP contribution in [0, 0.1) is 0 Å². The highest BCUT2D eigenvalue weighted by Crippen LogP contribution is 2.22. The Labute approximate surface area is 136 Å². The van der Waals surface area contributed by atoms with Crippen molar-refractivity contribution in [2.75, 3.05) is 11.9 Å². The molecule has 4 rings (SSSR count). The van der Waals surface area contributed by atoms with Gasteiger partial charge in [0, 0.05) is 36.4 Å². The van der Waals surface area contributed by atoms with Crippen LogP contribution >= 0.6 is 0 Å². The van der Waals surface area contributed by atoms with E-state index in [1.54, 1.807) is 0 Å². The summed E-state index contributed by atoms with van der Waals surface area (Å²) in [7, 11) is 2.11. The Kier molecular flexibility index (Phi) is 3.51. The summed E-state index contributed by atoms with van der Waals surface area (Å²) < 4.78 is 2.21. The summed E-state index contributed by atoms with van der Waals surface area (Å²) in [6.45, 7) is 0.937. The van der Waals surface area contributed by atoms with E-state index in [0.717, 1.165) is 13.0 Å². The number of hydrogen-bond donors (Lipinski definition) is 1. The summed E-state index contributed by atoms with van der Waals surface area (Å²) in [6.07, 6.45) is 3.26. The van der Waals surface area contributed by atoms with Gasteiger partial charge in [-0.2, -0.15) is 0 Å². The van der Waals surface area contributed by atoms with Gasteiger partial charge in [-0.1, -0.05) is 48.5 Å². The average molecular weight is 300 g/mol. The quantitative estimate of drug-likeness (QED) is 0.562. The fourth-order valence-corrected chi connectivity index (χ4v) is 3.27. The van der Waals surface area contributed by atoms with E-state index in [9.17, 15) is 0 Å². The molecule has 0 radical (unpaired) electrons. The number of benzene rings is 3. The lowest BCUT2D eigenvalue weighted by atomic mass is 10.1. The summed E-state index contributed by atoms with van der Waals surface area (Å²) in [6, 6.07) is 23.6. The van der Waals surface area contributed by atoms with E-state index in [0.29, 0.717) is 0 Å². The standard InChI is InChI=1S/C21H20N2/c1-23-15-18(20-8-4-5-9-21(20)23)12-13-22-19-11-10-16-6-2-3-7-17(16)14-19/h2-11,14-15,22H,12-13H2,1H3. The highest BCUT2D eigenvalue weighted by atomic mass is 14.9. The summed E-state index contributed by atoms with van der Waals surface area (Å²) in [5.41, 5.74) is 3.88. The lowest BCUT2D eigenvalue weighted by Crippen LogP contribution is -2.04. The van der Waals surface area contributed by atoms with Gasteiger partial charge in [0.1, 0.15) is 0 Å².